The minimum Gasteiger partial charge on any atom is -0.354 e. The van der Waals surface area contributed by atoms with Crippen molar-refractivity contribution in [2.45, 2.75) is 38.8 Å². The Hall–Kier alpha value is -4.00. The largest absolute Gasteiger partial charge is 0.354 e. The normalized spacial score (nSPS) is 15.0. The summed E-state index contributed by atoms with van der Waals surface area (Å²) in [5.41, 5.74) is 4.74. The first-order chi connectivity index (χ1) is 17.2. The lowest BCUT2D eigenvalue weighted by molar-refractivity contribution is 0.459. The van der Waals surface area contributed by atoms with Crippen molar-refractivity contribution in [1.29, 1.82) is 0 Å². The minimum absolute atomic E-state index is 0.236. The van der Waals surface area contributed by atoms with Crippen LogP contribution in [0.4, 0.5) is 10.3 Å². The average molecular weight is 467 g/mol. The van der Waals surface area contributed by atoms with E-state index in [0.29, 0.717) is 5.95 Å². The maximum Gasteiger partial charge on any atom is 0.223 e. The number of nitrogens with one attached hydrogen (secondary N) is 1. The molecular formula is C28H27FN6. The molecule has 6 nitrogen and oxygen atoms in total. The van der Waals surface area contributed by atoms with Crippen molar-refractivity contribution >= 4 is 16.9 Å². The van der Waals surface area contributed by atoms with Crippen molar-refractivity contribution in [2.75, 3.05) is 11.9 Å². The highest BCUT2D eigenvalue weighted by atomic mass is 19.1. The van der Waals surface area contributed by atoms with E-state index in [0.717, 1.165) is 60.8 Å². The van der Waals surface area contributed by atoms with Crippen LogP contribution in [-0.4, -0.2) is 30.6 Å². The lowest BCUT2D eigenvalue weighted by atomic mass is 10.1. The predicted octanol–water partition coefficient (Wildman–Crippen LogP) is 6.11. The van der Waals surface area contributed by atoms with E-state index in [9.17, 15) is 4.39 Å². The molecule has 1 N–H and O–H groups in total. The zero-order valence-electron chi connectivity index (χ0n) is 19.7. The van der Waals surface area contributed by atoms with Gasteiger partial charge in [-0.1, -0.05) is 25.1 Å². The average Bonchev–Trinajstić information content (AvgIpc) is 3.58. The number of aromatic nitrogens is 5. The molecule has 35 heavy (non-hydrogen) atoms. The molecule has 0 radical (unpaired) electrons. The van der Waals surface area contributed by atoms with Gasteiger partial charge >= 0.3 is 0 Å². The highest BCUT2D eigenvalue weighted by Gasteiger charge is 2.31. The Labute approximate surface area is 203 Å². The van der Waals surface area contributed by atoms with E-state index in [1.807, 2.05) is 6.07 Å². The fraction of sp³-hybridized carbons (Fsp3) is 0.250. The van der Waals surface area contributed by atoms with Gasteiger partial charge in [-0.05, 0) is 60.7 Å². The second kappa shape index (κ2) is 8.98. The summed E-state index contributed by atoms with van der Waals surface area (Å²) in [4.78, 5) is 14.3. The van der Waals surface area contributed by atoms with Gasteiger partial charge < -0.3 is 14.5 Å². The van der Waals surface area contributed by atoms with Crippen LogP contribution in [0.3, 0.4) is 0 Å². The molecule has 1 aliphatic rings. The Bertz CT molecular complexity index is 1480. The molecule has 3 aromatic heterocycles. The van der Waals surface area contributed by atoms with E-state index in [2.05, 4.69) is 62.9 Å². The van der Waals surface area contributed by atoms with E-state index in [-0.39, 0.29) is 11.9 Å². The first-order valence-corrected chi connectivity index (χ1v) is 12.2. The van der Waals surface area contributed by atoms with Gasteiger partial charge in [-0.2, -0.15) is 0 Å². The van der Waals surface area contributed by atoms with E-state index in [1.165, 1.54) is 23.0 Å². The second-order valence-electron chi connectivity index (χ2n) is 9.01. The van der Waals surface area contributed by atoms with Gasteiger partial charge in [0.2, 0.25) is 5.95 Å². The minimum atomic E-state index is -0.257. The molecule has 2 aromatic carbocycles. The van der Waals surface area contributed by atoms with Crippen molar-refractivity contribution in [1.82, 2.24) is 24.1 Å². The van der Waals surface area contributed by atoms with Gasteiger partial charge in [0.25, 0.3) is 0 Å². The number of benzene rings is 2. The first-order valence-electron chi connectivity index (χ1n) is 12.2. The third kappa shape index (κ3) is 3.97. The monoisotopic (exact) mass is 466 g/mol. The van der Waals surface area contributed by atoms with Gasteiger partial charge in [-0.15, -0.1) is 0 Å². The van der Waals surface area contributed by atoms with Gasteiger partial charge in [-0.25, -0.2) is 19.3 Å². The van der Waals surface area contributed by atoms with Crippen LogP contribution in [0.1, 0.15) is 31.6 Å². The molecule has 176 valence electrons. The van der Waals surface area contributed by atoms with Crippen LogP contribution in [0, 0.1) is 5.82 Å². The Balaban J connectivity index is 1.47. The summed E-state index contributed by atoms with van der Waals surface area (Å²) in [5.74, 6) is 1.39. The number of rotatable bonds is 7. The number of nitrogens with zero attached hydrogens (tertiary/aromatic N) is 5. The highest BCUT2D eigenvalue weighted by molar-refractivity contribution is 5.80. The van der Waals surface area contributed by atoms with Crippen LogP contribution in [0.15, 0.2) is 73.1 Å². The molecular weight excluding hydrogens is 439 g/mol. The molecule has 0 spiro atoms. The van der Waals surface area contributed by atoms with Crippen LogP contribution in [0.2, 0.25) is 0 Å². The Morgan fingerprint density at radius 2 is 1.89 bits per heavy atom. The van der Waals surface area contributed by atoms with Crippen LogP contribution >= 0.6 is 0 Å². The van der Waals surface area contributed by atoms with Crippen molar-refractivity contribution in [3.05, 3.63) is 84.7 Å². The molecule has 1 aliphatic heterocycles. The number of hydrogen-bond acceptors (Lipinski definition) is 4. The predicted molar refractivity (Wildman–Crippen MR) is 137 cm³/mol. The summed E-state index contributed by atoms with van der Waals surface area (Å²) < 4.78 is 18.4. The maximum absolute atomic E-state index is 13.7. The smallest absolute Gasteiger partial charge is 0.223 e. The SMILES string of the molecule is CCCNc1nccc(-c2c(-c3ccc(F)cc3)nc3n2[C@H](Cn2ccc4ccccc42)CC3)n1. The Morgan fingerprint density at radius 1 is 1.03 bits per heavy atom. The fourth-order valence-electron chi connectivity index (χ4n) is 5.04. The van der Waals surface area contributed by atoms with Crippen molar-refractivity contribution in [3.63, 3.8) is 0 Å². The quantitative estimate of drug-likeness (QED) is 0.314. The van der Waals surface area contributed by atoms with Crippen molar-refractivity contribution in [2.24, 2.45) is 0 Å². The lowest BCUT2D eigenvalue weighted by Gasteiger charge is -2.19. The van der Waals surface area contributed by atoms with E-state index in [1.54, 1.807) is 18.3 Å². The molecule has 0 saturated carbocycles. The summed E-state index contributed by atoms with van der Waals surface area (Å²) >= 11 is 0. The molecule has 1 atom stereocenters. The van der Waals surface area contributed by atoms with Gasteiger partial charge in [-0.3, -0.25) is 0 Å². The number of imidazole rings is 1. The lowest BCUT2D eigenvalue weighted by Crippen LogP contribution is -2.14. The zero-order chi connectivity index (χ0) is 23.8. The number of hydrogen-bond donors (Lipinski definition) is 1. The molecule has 0 saturated heterocycles. The molecule has 0 unspecified atom stereocenters. The van der Waals surface area contributed by atoms with Crippen LogP contribution in [0.25, 0.3) is 33.5 Å². The third-order valence-corrected chi connectivity index (χ3v) is 6.69. The van der Waals surface area contributed by atoms with E-state index >= 15 is 0 Å². The van der Waals surface area contributed by atoms with Gasteiger partial charge in [0.15, 0.2) is 0 Å². The third-order valence-electron chi connectivity index (χ3n) is 6.69. The number of halogens is 1. The van der Waals surface area contributed by atoms with Crippen LogP contribution in [0.5, 0.6) is 0 Å². The number of anilines is 1. The number of aryl methyl sites for hydroxylation is 1. The summed E-state index contributed by atoms with van der Waals surface area (Å²) in [6.07, 6.45) is 6.85. The molecule has 5 aromatic rings. The fourth-order valence-corrected chi connectivity index (χ4v) is 5.04. The molecule has 4 heterocycles. The summed E-state index contributed by atoms with van der Waals surface area (Å²) in [6, 6.07) is 19.4. The molecule has 0 aliphatic carbocycles. The van der Waals surface area contributed by atoms with E-state index in [4.69, 9.17) is 9.97 Å². The number of para-hydroxylation sites is 1. The molecule has 6 rings (SSSR count). The van der Waals surface area contributed by atoms with Crippen LogP contribution < -0.4 is 5.32 Å². The maximum atomic E-state index is 13.7. The Morgan fingerprint density at radius 3 is 2.74 bits per heavy atom. The summed E-state index contributed by atoms with van der Waals surface area (Å²) in [6.45, 7) is 3.77. The van der Waals surface area contributed by atoms with Gasteiger partial charge in [0.05, 0.1) is 23.1 Å². The van der Waals surface area contributed by atoms with Crippen LogP contribution in [-0.2, 0) is 13.0 Å². The zero-order valence-corrected chi connectivity index (χ0v) is 19.7. The van der Waals surface area contributed by atoms with Gasteiger partial charge in [0.1, 0.15) is 11.6 Å². The van der Waals surface area contributed by atoms with Crippen molar-refractivity contribution in [3.8, 4) is 22.6 Å². The highest BCUT2D eigenvalue weighted by Crippen LogP contribution is 2.40. The molecule has 7 heteroatoms. The summed E-state index contributed by atoms with van der Waals surface area (Å²) in [7, 11) is 0. The topological polar surface area (TPSA) is 60.6 Å². The molecule has 0 amide bonds. The van der Waals surface area contributed by atoms with Crippen molar-refractivity contribution < 1.29 is 4.39 Å². The number of fused-ring (bicyclic) bond motifs is 2. The molecule has 0 fully saturated rings. The summed E-state index contributed by atoms with van der Waals surface area (Å²) in [5, 5.41) is 4.53. The van der Waals surface area contributed by atoms with Gasteiger partial charge in [0, 0.05) is 43.0 Å². The standard InChI is InChI=1S/C28H27FN6/c1-2-15-30-28-31-16-13-23(32-28)27-26(20-7-9-21(29)10-8-20)33-25-12-11-22(35(25)27)18-34-17-14-19-5-3-4-6-24(19)34/h3-10,13-14,16-17,22H,2,11-12,15,18H2,1H3,(H,30,31,32)/t22-/m0/s1. The Kier molecular flexibility index (Phi) is 5.52. The first kappa shape index (κ1) is 21.5. The second-order valence-corrected chi connectivity index (χ2v) is 9.01. The molecule has 0 bridgehead atoms. The van der Waals surface area contributed by atoms with E-state index < -0.39 is 0 Å².